The van der Waals surface area contributed by atoms with Crippen LogP contribution in [0.25, 0.3) is 0 Å². The molecule has 2 N–H and O–H groups in total. The van der Waals surface area contributed by atoms with E-state index < -0.39 is 23.7 Å². The highest BCUT2D eigenvalue weighted by molar-refractivity contribution is 9.10. The number of carbonyl (C=O) groups excluding carboxylic acids is 2. The first kappa shape index (κ1) is 26.9. The zero-order valence-electron chi connectivity index (χ0n) is 20.1. The van der Waals surface area contributed by atoms with Crippen LogP contribution in [0.3, 0.4) is 0 Å². The molecule has 0 aliphatic heterocycles. The zero-order valence-corrected chi connectivity index (χ0v) is 21.7. The first-order valence-corrected chi connectivity index (χ1v) is 12.0. The van der Waals surface area contributed by atoms with Gasteiger partial charge in [-0.25, -0.2) is 9.82 Å². The third-order valence-electron chi connectivity index (χ3n) is 5.23. The summed E-state index contributed by atoms with van der Waals surface area (Å²) in [6.07, 6.45) is 1.47. The molecule has 3 rings (SSSR count). The normalized spacial score (nSPS) is 11.8. The van der Waals surface area contributed by atoms with E-state index in [-0.39, 0.29) is 11.5 Å². The van der Waals surface area contributed by atoms with Crippen molar-refractivity contribution in [2.45, 2.75) is 26.5 Å². The Labute approximate surface area is 217 Å². The lowest BCUT2D eigenvalue weighted by Crippen LogP contribution is -2.48. The summed E-state index contributed by atoms with van der Waals surface area (Å²) in [5.41, 5.74) is 4.41. The molecular formula is C27H27BrFN3O4. The van der Waals surface area contributed by atoms with Crippen LogP contribution in [0.1, 0.15) is 35.3 Å². The average molecular weight is 556 g/mol. The van der Waals surface area contributed by atoms with Crippen molar-refractivity contribution in [1.29, 1.82) is 0 Å². The summed E-state index contributed by atoms with van der Waals surface area (Å²) in [7, 11) is 1.54. The molecule has 9 heteroatoms. The van der Waals surface area contributed by atoms with Gasteiger partial charge in [-0.05, 0) is 71.6 Å². The topological polar surface area (TPSA) is 89.0 Å². The molecule has 3 aromatic carbocycles. The summed E-state index contributed by atoms with van der Waals surface area (Å²) in [5.74, 6) is -0.500. The number of hydrogen-bond donors (Lipinski definition) is 2. The van der Waals surface area contributed by atoms with Gasteiger partial charge in [0, 0.05) is 10.0 Å². The average Bonchev–Trinajstić information content (AvgIpc) is 2.87. The van der Waals surface area contributed by atoms with E-state index in [0.29, 0.717) is 23.7 Å². The van der Waals surface area contributed by atoms with Gasteiger partial charge in [-0.15, -0.1) is 0 Å². The second kappa shape index (κ2) is 12.8. The van der Waals surface area contributed by atoms with E-state index in [1.54, 1.807) is 39.2 Å². The molecule has 1 unspecified atom stereocenters. The largest absolute Gasteiger partial charge is 0.493 e. The Hall–Kier alpha value is -3.72. The summed E-state index contributed by atoms with van der Waals surface area (Å²) in [6, 6.07) is 17.4. The molecule has 0 aliphatic rings. The number of nitrogens with zero attached hydrogens (tertiary/aromatic N) is 1. The molecule has 0 aliphatic carbocycles. The molecule has 0 saturated carbocycles. The molecule has 0 spiro atoms. The van der Waals surface area contributed by atoms with Crippen LogP contribution in [0.5, 0.6) is 11.5 Å². The van der Waals surface area contributed by atoms with Crippen molar-refractivity contribution in [3.05, 3.63) is 93.7 Å². The maximum Gasteiger partial charge on any atom is 0.262 e. The van der Waals surface area contributed by atoms with Gasteiger partial charge < -0.3 is 14.8 Å². The van der Waals surface area contributed by atoms with E-state index in [0.717, 1.165) is 10.0 Å². The lowest BCUT2D eigenvalue weighted by molar-refractivity contribution is -0.123. The highest BCUT2D eigenvalue weighted by Crippen LogP contribution is 2.28. The van der Waals surface area contributed by atoms with Crippen molar-refractivity contribution < 1.29 is 23.5 Å². The third kappa shape index (κ3) is 7.64. The molecule has 0 heterocycles. The number of rotatable bonds is 10. The zero-order chi connectivity index (χ0) is 26.1. The van der Waals surface area contributed by atoms with Crippen molar-refractivity contribution in [2.75, 3.05) is 7.11 Å². The highest BCUT2D eigenvalue weighted by atomic mass is 79.9. The second-order valence-corrected chi connectivity index (χ2v) is 9.18. The number of ether oxygens (including phenoxy) is 2. The number of methoxy groups -OCH3 is 1. The lowest BCUT2D eigenvalue weighted by Gasteiger charge is -2.20. The molecule has 3 aromatic rings. The Kier molecular flexibility index (Phi) is 9.58. The smallest absolute Gasteiger partial charge is 0.262 e. The second-order valence-electron chi connectivity index (χ2n) is 8.26. The minimum absolute atomic E-state index is 0.202. The number of hydrogen-bond acceptors (Lipinski definition) is 5. The Morgan fingerprint density at radius 1 is 1.03 bits per heavy atom. The molecule has 188 valence electrons. The van der Waals surface area contributed by atoms with Gasteiger partial charge in [-0.2, -0.15) is 5.10 Å². The van der Waals surface area contributed by atoms with E-state index >= 15 is 0 Å². The maximum absolute atomic E-state index is 13.1. The monoisotopic (exact) mass is 555 g/mol. The fourth-order valence-electron chi connectivity index (χ4n) is 3.23. The number of nitrogens with one attached hydrogen (secondary N) is 2. The molecule has 0 fully saturated rings. The van der Waals surface area contributed by atoms with Crippen LogP contribution in [0.15, 0.2) is 76.3 Å². The lowest BCUT2D eigenvalue weighted by atomic mass is 10.0. The summed E-state index contributed by atoms with van der Waals surface area (Å²) in [4.78, 5) is 25.1. The predicted molar refractivity (Wildman–Crippen MR) is 140 cm³/mol. The van der Waals surface area contributed by atoms with E-state index in [4.69, 9.17) is 9.47 Å². The van der Waals surface area contributed by atoms with Crippen molar-refractivity contribution in [3.63, 3.8) is 0 Å². The van der Waals surface area contributed by atoms with E-state index in [9.17, 15) is 14.0 Å². The van der Waals surface area contributed by atoms with Gasteiger partial charge in [0.25, 0.3) is 11.8 Å². The van der Waals surface area contributed by atoms with Crippen molar-refractivity contribution >= 4 is 34.0 Å². The Morgan fingerprint density at radius 2 is 1.72 bits per heavy atom. The van der Waals surface area contributed by atoms with Crippen molar-refractivity contribution in [3.8, 4) is 11.5 Å². The Balaban J connectivity index is 1.60. The van der Waals surface area contributed by atoms with Crippen LogP contribution in [0.4, 0.5) is 4.39 Å². The van der Waals surface area contributed by atoms with Crippen LogP contribution in [0, 0.1) is 11.7 Å². The summed E-state index contributed by atoms with van der Waals surface area (Å²) < 4.78 is 25.4. The number of hydrazone groups is 1. The minimum atomic E-state index is -0.830. The Morgan fingerprint density at radius 3 is 2.36 bits per heavy atom. The van der Waals surface area contributed by atoms with Gasteiger partial charge in [0.05, 0.1) is 13.3 Å². The molecule has 0 radical (unpaired) electrons. The van der Waals surface area contributed by atoms with Crippen LogP contribution < -0.4 is 20.2 Å². The predicted octanol–water partition coefficient (Wildman–Crippen LogP) is 5.08. The molecule has 36 heavy (non-hydrogen) atoms. The van der Waals surface area contributed by atoms with Crippen LogP contribution in [-0.2, 0) is 11.4 Å². The molecule has 0 saturated heterocycles. The van der Waals surface area contributed by atoms with Gasteiger partial charge in [-0.1, -0.05) is 41.9 Å². The van der Waals surface area contributed by atoms with E-state index in [2.05, 4.69) is 31.8 Å². The van der Waals surface area contributed by atoms with Gasteiger partial charge >= 0.3 is 0 Å². The molecule has 7 nitrogen and oxygen atoms in total. The molecule has 0 aromatic heterocycles. The minimum Gasteiger partial charge on any atom is -0.493 e. The fraction of sp³-hybridized carbons (Fsp3) is 0.222. The fourth-order valence-corrected chi connectivity index (χ4v) is 3.49. The number of benzene rings is 3. The summed E-state index contributed by atoms with van der Waals surface area (Å²) in [6.45, 7) is 3.99. The maximum atomic E-state index is 13.1. The first-order chi connectivity index (χ1) is 17.3. The van der Waals surface area contributed by atoms with Gasteiger partial charge in [0.2, 0.25) is 0 Å². The van der Waals surface area contributed by atoms with Gasteiger partial charge in [0.15, 0.2) is 11.5 Å². The number of halogens is 2. The van der Waals surface area contributed by atoms with E-state index in [1.807, 2.05) is 24.3 Å². The number of amides is 2. The van der Waals surface area contributed by atoms with Crippen LogP contribution in [0.2, 0.25) is 0 Å². The molecule has 2 amide bonds. The van der Waals surface area contributed by atoms with Gasteiger partial charge in [0.1, 0.15) is 18.5 Å². The third-order valence-corrected chi connectivity index (χ3v) is 5.75. The SMILES string of the molecule is COc1cc(/C=N/NC(=O)C(NC(=O)c2ccc(F)cc2)C(C)C)ccc1OCc1ccc(Br)cc1. The number of carbonyl (C=O) groups is 2. The Bertz CT molecular complexity index is 1210. The molecule has 1 atom stereocenters. The van der Waals surface area contributed by atoms with E-state index in [1.165, 1.54) is 30.5 Å². The quantitative estimate of drug-likeness (QED) is 0.269. The summed E-state index contributed by atoms with van der Waals surface area (Å²) in [5, 5.41) is 6.69. The standard InChI is InChI=1S/C27H27BrFN3O4/c1-17(2)25(31-26(33)20-7-11-22(29)12-8-20)27(34)32-30-15-19-6-13-23(24(14-19)35-3)36-16-18-4-9-21(28)10-5-18/h4-15,17,25H,16H2,1-3H3,(H,31,33)(H,32,34)/b30-15+. The van der Waals surface area contributed by atoms with Gasteiger partial charge in [-0.3, -0.25) is 9.59 Å². The van der Waals surface area contributed by atoms with Crippen molar-refractivity contribution in [1.82, 2.24) is 10.7 Å². The van der Waals surface area contributed by atoms with Crippen LogP contribution >= 0.6 is 15.9 Å². The van der Waals surface area contributed by atoms with Crippen LogP contribution in [-0.4, -0.2) is 31.2 Å². The highest BCUT2D eigenvalue weighted by Gasteiger charge is 2.24. The van der Waals surface area contributed by atoms with Crippen molar-refractivity contribution in [2.24, 2.45) is 11.0 Å². The molecule has 0 bridgehead atoms. The first-order valence-electron chi connectivity index (χ1n) is 11.2. The summed E-state index contributed by atoms with van der Waals surface area (Å²) >= 11 is 3.41. The molecular weight excluding hydrogens is 529 g/mol.